The van der Waals surface area contributed by atoms with E-state index in [0.717, 1.165) is 5.69 Å². The third kappa shape index (κ3) is 4.40. The minimum Gasteiger partial charge on any atom is -0.391 e. The van der Waals surface area contributed by atoms with Gasteiger partial charge in [0.25, 0.3) is 5.91 Å². The van der Waals surface area contributed by atoms with Gasteiger partial charge in [-0.1, -0.05) is 6.07 Å². The molecule has 2 N–H and O–H groups in total. The van der Waals surface area contributed by atoms with Crippen molar-refractivity contribution in [2.24, 2.45) is 0 Å². The highest BCUT2D eigenvalue weighted by Crippen LogP contribution is 2.10. The number of aliphatic hydroxyl groups is 1. The largest absolute Gasteiger partial charge is 0.391 e. The van der Waals surface area contributed by atoms with Crippen molar-refractivity contribution in [2.45, 2.75) is 12.5 Å². The van der Waals surface area contributed by atoms with E-state index >= 15 is 0 Å². The van der Waals surface area contributed by atoms with Crippen LogP contribution in [0.25, 0.3) is 5.69 Å². The maximum atomic E-state index is 12.1. The summed E-state index contributed by atoms with van der Waals surface area (Å²) in [4.78, 5) is 16.0. The number of hydrogen-bond donors (Lipinski definition) is 2. The molecule has 0 radical (unpaired) electrons. The van der Waals surface area contributed by atoms with Gasteiger partial charge in [0.05, 0.1) is 19.0 Å². The van der Waals surface area contributed by atoms with Gasteiger partial charge in [-0.05, 0) is 24.6 Å². The molecule has 2 aromatic rings. The fourth-order valence-corrected chi connectivity index (χ4v) is 1.95. The second-order valence-corrected chi connectivity index (χ2v) is 4.67. The second kappa shape index (κ2) is 7.56. The van der Waals surface area contributed by atoms with E-state index < -0.39 is 6.10 Å². The molecule has 112 valence electrons. The molecule has 0 saturated heterocycles. The SMILES string of the molecule is COCC(O)CCNC(=O)c1cccc(-n2ccnc2)c1. The molecule has 0 saturated carbocycles. The Morgan fingerprint density at radius 1 is 1.52 bits per heavy atom. The first-order valence-corrected chi connectivity index (χ1v) is 6.74. The Hall–Kier alpha value is -2.18. The summed E-state index contributed by atoms with van der Waals surface area (Å²) < 4.78 is 6.66. The van der Waals surface area contributed by atoms with E-state index in [1.165, 1.54) is 7.11 Å². The molecule has 21 heavy (non-hydrogen) atoms. The number of benzene rings is 1. The number of amides is 1. The third-order valence-corrected chi connectivity index (χ3v) is 3.03. The monoisotopic (exact) mass is 289 g/mol. The number of aliphatic hydroxyl groups excluding tert-OH is 1. The average molecular weight is 289 g/mol. The van der Waals surface area contributed by atoms with Gasteiger partial charge in [-0.3, -0.25) is 4.79 Å². The van der Waals surface area contributed by atoms with Crippen LogP contribution in [0.15, 0.2) is 43.0 Å². The van der Waals surface area contributed by atoms with Crippen molar-refractivity contribution in [3.63, 3.8) is 0 Å². The predicted octanol–water partition coefficient (Wildman–Crippen LogP) is 0.999. The zero-order valence-corrected chi connectivity index (χ0v) is 11.9. The van der Waals surface area contributed by atoms with Gasteiger partial charge >= 0.3 is 0 Å². The summed E-state index contributed by atoms with van der Waals surface area (Å²) in [5, 5.41) is 12.3. The maximum absolute atomic E-state index is 12.1. The fraction of sp³-hybridized carbons (Fsp3) is 0.333. The number of ether oxygens (including phenoxy) is 1. The summed E-state index contributed by atoms with van der Waals surface area (Å²) in [5.41, 5.74) is 1.45. The topological polar surface area (TPSA) is 76.4 Å². The molecule has 0 fully saturated rings. The van der Waals surface area contributed by atoms with Crippen LogP contribution in [0.4, 0.5) is 0 Å². The zero-order valence-electron chi connectivity index (χ0n) is 11.9. The van der Waals surface area contributed by atoms with Gasteiger partial charge in [-0.25, -0.2) is 4.98 Å². The highest BCUT2D eigenvalue weighted by atomic mass is 16.5. The Labute approximate surface area is 123 Å². The summed E-state index contributed by atoms with van der Waals surface area (Å²) in [7, 11) is 1.53. The van der Waals surface area contributed by atoms with Crippen molar-refractivity contribution in [1.82, 2.24) is 14.9 Å². The summed E-state index contributed by atoms with van der Waals surface area (Å²) >= 11 is 0. The lowest BCUT2D eigenvalue weighted by Crippen LogP contribution is -2.28. The Morgan fingerprint density at radius 2 is 2.38 bits per heavy atom. The van der Waals surface area contributed by atoms with Crippen LogP contribution in [0.5, 0.6) is 0 Å². The van der Waals surface area contributed by atoms with Crippen molar-refractivity contribution in [3.8, 4) is 5.69 Å². The molecule has 1 atom stereocenters. The highest BCUT2D eigenvalue weighted by Gasteiger charge is 2.08. The van der Waals surface area contributed by atoms with Crippen LogP contribution in [0.3, 0.4) is 0 Å². The first-order chi connectivity index (χ1) is 10.2. The minimum absolute atomic E-state index is 0.165. The number of imidazole rings is 1. The van der Waals surface area contributed by atoms with Crippen molar-refractivity contribution < 1.29 is 14.6 Å². The van der Waals surface area contributed by atoms with Gasteiger partial charge in [0.2, 0.25) is 0 Å². The van der Waals surface area contributed by atoms with Gasteiger partial charge in [0, 0.05) is 37.3 Å². The van der Waals surface area contributed by atoms with Crippen LogP contribution in [-0.2, 0) is 4.74 Å². The van der Waals surface area contributed by atoms with E-state index in [9.17, 15) is 9.90 Å². The molecule has 0 aliphatic rings. The number of carbonyl (C=O) groups excluding carboxylic acids is 1. The van der Waals surface area contributed by atoms with Gasteiger partial charge < -0.3 is 19.7 Å². The van der Waals surface area contributed by atoms with Crippen LogP contribution in [0, 0.1) is 0 Å². The highest BCUT2D eigenvalue weighted by molar-refractivity contribution is 5.94. The molecule has 1 unspecified atom stereocenters. The van der Waals surface area contributed by atoms with Gasteiger partial charge in [0.1, 0.15) is 0 Å². The number of nitrogens with zero attached hydrogens (tertiary/aromatic N) is 2. The summed E-state index contributed by atoms with van der Waals surface area (Å²) in [6.07, 6.45) is 5.08. The smallest absolute Gasteiger partial charge is 0.251 e. The Bertz CT molecular complexity index is 569. The first-order valence-electron chi connectivity index (χ1n) is 6.74. The molecule has 1 heterocycles. The molecule has 6 heteroatoms. The number of rotatable bonds is 7. The first kappa shape index (κ1) is 15.2. The van der Waals surface area contributed by atoms with E-state index in [1.807, 2.05) is 22.9 Å². The number of aromatic nitrogens is 2. The quantitative estimate of drug-likeness (QED) is 0.797. The summed E-state index contributed by atoms with van der Waals surface area (Å²) in [6, 6.07) is 7.27. The molecule has 1 amide bonds. The lowest BCUT2D eigenvalue weighted by molar-refractivity contribution is 0.0587. The zero-order chi connectivity index (χ0) is 15.1. The molecule has 0 bridgehead atoms. The van der Waals surface area contributed by atoms with Gasteiger partial charge in [-0.2, -0.15) is 0 Å². The average Bonchev–Trinajstić information content (AvgIpc) is 3.02. The maximum Gasteiger partial charge on any atom is 0.251 e. The number of hydrogen-bond acceptors (Lipinski definition) is 4. The lowest BCUT2D eigenvalue weighted by Gasteiger charge is -2.10. The number of nitrogens with one attached hydrogen (secondary N) is 1. The molecule has 6 nitrogen and oxygen atoms in total. The normalized spacial score (nSPS) is 12.1. The van der Waals surface area contributed by atoms with Crippen molar-refractivity contribution >= 4 is 5.91 Å². The molecule has 0 aliphatic heterocycles. The predicted molar refractivity (Wildman–Crippen MR) is 78.4 cm³/mol. The van der Waals surface area contributed by atoms with Crippen molar-refractivity contribution in [1.29, 1.82) is 0 Å². The van der Waals surface area contributed by atoms with E-state index in [0.29, 0.717) is 18.5 Å². The molecule has 0 aliphatic carbocycles. The van der Waals surface area contributed by atoms with Crippen LogP contribution in [0.2, 0.25) is 0 Å². The van der Waals surface area contributed by atoms with Gasteiger partial charge in [-0.15, -0.1) is 0 Å². The van der Waals surface area contributed by atoms with Crippen LogP contribution in [0.1, 0.15) is 16.8 Å². The van der Waals surface area contributed by atoms with Crippen LogP contribution >= 0.6 is 0 Å². The third-order valence-electron chi connectivity index (χ3n) is 3.03. The van der Waals surface area contributed by atoms with E-state index in [2.05, 4.69) is 10.3 Å². The minimum atomic E-state index is -0.562. The summed E-state index contributed by atoms with van der Waals surface area (Å²) in [5.74, 6) is -0.165. The molecule has 1 aromatic carbocycles. The number of methoxy groups -OCH3 is 1. The van der Waals surface area contributed by atoms with Crippen molar-refractivity contribution in [2.75, 3.05) is 20.3 Å². The van der Waals surface area contributed by atoms with Crippen LogP contribution in [-0.4, -0.2) is 46.9 Å². The Morgan fingerprint density at radius 3 is 3.10 bits per heavy atom. The Balaban J connectivity index is 1.92. The second-order valence-electron chi connectivity index (χ2n) is 4.67. The van der Waals surface area contributed by atoms with Gasteiger partial charge in [0.15, 0.2) is 0 Å². The Kier molecular flexibility index (Phi) is 5.48. The number of carbonyl (C=O) groups is 1. The van der Waals surface area contributed by atoms with Crippen molar-refractivity contribution in [3.05, 3.63) is 48.5 Å². The molecule has 0 spiro atoms. The van der Waals surface area contributed by atoms with E-state index in [4.69, 9.17) is 4.74 Å². The van der Waals surface area contributed by atoms with E-state index in [-0.39, 0.29) is 12.5 Å². The van der Waals surface area contributed by atoms with Crippen LogP contribution < -0.4 is 5.32 Å². The molecule has 1 aromatic heterocycles. The fourth-order valence-electron chi connectivity index (χ4n) is 1.95. The molecular weight excluding hydrogens is 270 g/mol. The lowest BCUT2D eigenvalue weighted by atomic mass is 10.2. The molecular formula is C15H19N3O3. The van der Waals surface area contributed by atoms with E-state index in [1.54, 1.807) is 24.7 Å². The standard InChI is InChI=1S/C15H19N3O3/c1-21-10-14(19)5-6-17-15(20)12-3-2-4-13(9-12)18-8-7-16-11-18/h2-4,7-9,11,14,19H,5-6,10H2,1H3,(H,17,20). The molecule has 2 rings (SSSR count). The summed E-state index contributed by atoms with van der Waals surface area (Å²) in [6.45, 7) is 0.671.